The second-order valence-corrected chi connectivity index (χ2v) is 5.71. The molecule has 0 N–H and O–H groups in total. The molecule has 3 fully saturated rings. The molecule has 4 heterocycles. The summed E-state index contributed by atoms with van der Waals surface area (Å²) in [6.45, 7) is 4.14. The first-order valence-corrected chi connectivity index (χ1v) is 7.30. The topological polar surface area (TPSA) is 41.5 Å². The number of anilines is 1. The molecule has 19 heavy (non-hydrogen) atoms. The van der Waals surface area contributed by atoms with Crippen LogP contribution < -0.4 is 4.90 Å². The molecule has 102 valence electrons. The summed E-state index contributed by atoms with van der Waals surface area (Å²) in [6, 6.07) is 3.80. The second kappa shape index (κ2) is 4.72. The fourth-order valence-electron chi connectivity index (χ4n) is 3.94. The lowest BCUT2D eigenvalue weighted by atomic mass is 10.1. The number of fused-ring (bicyclic) bond motifs is 1. The van der Waals surface area contributed by atoms with E-state index in [0.717, 1.165) is 25.7 Å². The lowest BCUT2D eigenvalue weighted by Crippen LogP contribution is -2.42. The molecule has 1 unspecified atom stereocenters. The largest absolute Gasteiger partial charge is 0.380 e. The molecular weight excluding hydrogens is 240 g/mol. The van der Waals surface area contributed by atoms with E-state index in [9.17, 15) is 0 Å². The van der Waals surface area contributed by atoms with Gasteiger partial charge in [0.15, 0.2) is 0 Å². The average molecular weight is 260 g/mol. The van der Waals surface area contributed by atoms with E-state index in [-0.39, 0.29) is 0 Å². The Morgan fingerprint density at radius 3 is 2.68 bits per heavy atom. The van der Waals surface area contributed by atoms with Crippen molar-refractivity contribution in [1.29, 1.82) is 0 Å². The van der Waals surface area contributed by atoms with Crippen LogP contribution in [0.1, 0.15) is 19.3 Å². The molecule has 0 amide bonds. The van der Waals surface area contributed by atoms with Crippen LogP contribution in [0.15, 0.2) is 18.5 Å². The van der Waals surface area contributed by atoms with Gasteiger partial charge in [0, 0.05) is 50.2 Å². The minimum absolute atomic E-state index is 0.600. The quantitative estimate of drug-likeness (QED) is 0.791. The third-order valence-corrected chi connectivity index (χ3v) is 4.80. The Labute approximate surface area is 113 Å². The van der Waals surface area contributed by atoms with Crippen molar-refractivity contribution in [2.75, 3.05) is 31.2 Å². The molecule has 1 aromatic heterocycles. The molecule has 1 aromatic rings. The highest BCUT2D eigenvalue weighted by molar-refractivity contribution is 5.35. The van der Waals surface area contributed by atoms with Crippen molar-refractivity contribution in [2.45, 2.75) is 37.4 Å². The molecule has 3 aliphatic heterocycles. The molecule has 0 radical (unpaired) electrons. The molecule has 3 atom stereocenters. The van der Waals surface area contributed by atoms with Crippen LogP contribution in [0.2, 0.25) is 0 Å². The third kappa shape index (κ3) is 1.92. The summed E-state index contributed by atoms with van der Waals surface area (Å²) in [4.78, 5) is 13.9. The molecule has 3 aliphatic rings. The molecule has 5 heteroatoms. The van der Waals surface area contributed by atoms with Gasteiger partial charge in [-0.1, -0.05) is 0 Å². The highest BCUT2D eigenvalue weighted by Crippen LogP contribution is 2.35. The maximum atomic E-state index is 5.55. The van der Waals surface area contributed by atoms with Gasteiger partial charge >= 0.3 is 0 Å². The highest BCUT2D eigenvalue weighted by atomic mass is 16.5. The van der Waals surface area contributed by atoms with Crippen molar-refractivity contribution < 1.29 is 4.74 Å². The maximum Gasteiger partial charge on any atom is 0.225 e. The Balaban J connectivity index is 1.52. The zero-order valence-corrected chi connectivity index (χ0v) is 11.1. The molecule has 0 aliphatic carbocycles. The van der Waals surface area contributed by atoms with Gasteiger partial charge in [-0.15, -0.1) is 0 Å². The van der Waals surface area contributed by atoms with Crippen molar-refractivity contribution in [1.82, 2.24) is 14.9 Å². The van der Waals surface area contributed by atoms with Crippen LogP contribution in [0.25, 0.3) is 0 Å². The number of hydrogen-bond donors (Lipinski definition) is 0. The summed E-state index contributed by atoms with van der Waals surface area (Å²) in [5.74, 6) is 0.902. The van der Waals surface area contributed by atoms with E-state index in [0.29, 0.717) is 18.1 Å². The number of nitrogens with zero attached hydrogens (tertiary/aromatic N) is 4. The van der Waals surface area contributed by atoms with Crippen LogP contribution in [0.3, 0.4) is 0 Å². The maximum absolute atomic E-state index is 5.55. The predicted molar refractivity (Wildman–Crippen MR) is 72.1 cm³/mol. The molecule has 0 aromatic carbocycles. The predicted octanol–water partition coefficient (Wildman–Crippen LogP) is 0.918. The molecule has 0 saturated carbocycles. The van der Waals surface area contributed by atoms with E-state index in [1.54, 1.807) is 0 Å². The average Bonchev–Trinajstić information content (AvgIpc) is 3.16. The number of rotatable bonds is 2. The zero-order valence-electron chi connectivity index (χ0n) is 11.1. The van der Waals surface area contributed by atoms with Crippen LogP contribution in [0, 0.1) is 0 Å². The minimum Gasteiger partial charge on any atom is -0.380 e. The van der Waals surface area contributed by atoms with Gasteiger partial charge in [0.2, 0.25) is 5.95 Å². The standard InChI is InChI=1S/C14H20N4O/c1-5-15-14(16-6-1)18-8-3-12-13(18)2-7-17(12)11-4-9-19-10-11/h1,5-6,11-13H,2-4,7-10H2/t11?,12-,13+/m0/s1. The van der Waals surface area contributed by atoms with E-state index in [2.05, 4.69) is 19.8 Å². The van der Waals surface area contributed by atoms with Gasteiger partial charge < -0.3 is 9.64 Å². The Kier molecular flexibility index (Phi) is 2.89. The summed E-state index contributed by atoms with van der Waals surface area (Å²) >= 11 is 0. The van der Waals surface area contributed by atoms with Crippen LogP contribution in [-0.2, 0) is 4.74 Å². The molecule has 5 nitrogen and oxygen atoms in total. The molecule has 0 spiro atoms. The van der Waals surface area contributed by atoms with Gasteiger partial charge in [-0.25, -0.2) is 9.97 Å². The zero-order chi connectivity index (χ0) is 12.7. The van der Waals surface area contributed by atoms with Crippen LogP contribution in [0.4, 0.5) is 5.95 Å². The van der Waals surface area contributed by atoms with Crippen molar-refractivity contribution in [3.05, 3.63) is 18.5 Å². The van der Waals surface area contributed by atoms with Gasteiger partial charge in [-0.05, 0) is 25.3 Å². The van der Waals surface area contributed by atoms with Crippen molar-refractivity contribution >= 4 is 5.95 Å². The summed E-state index contributed by atoms with van der Waals surface area (Å²) in [5, 5.41) is 0. The number of hydrogen-bond acceptors (Lipinski definition) is 5. The van der Waals surface area contributed by atoms with Crippen molar-refractivity contribution in [3.8, 4) is 0 Å². The van der Waals surface area contributed by atoms with Gasteiger partial charge in [-0.3, -0.25) is 4.90 Å². The number of likely N-dealkylation sites (tertiary alicyclic amines) is 1. The Morgan fingerprint density at radius 1 is 1.05 bits per heavy atom. The summed E-state index contributed by atoms with van der Waals surface area (Å²) in [6.07, 6.45) is 7.35. The van der Waals surface area contributed by atoms with Crippen LogP contribution >= 0.6 is 0 Å². The lowest BCUT2D eigenvalue weighted by molar-refractivity contribution is 0.135. The fourth-order valence-corrected chi connectivity index (χ4v) is 3.94. The van der Waals surface area contributed by atoms with E-state index in [1.807, 2.05) is 18.5 Å². The molecule has 3 saturated heterocycles. The van der Waals surface area contributed by atoms with Crippen molar-refractivity contribution in [2.24, 2.45) is 0 Å². The monoisotopic (exact) mass is 260 g/mol. The van der Waals surface area contributed by atoms with E-state index in [4.69, 9.17) is 4.74 Å². The SMILES string of the molecule is c1cnc(N2CC[C@H]3[C@H]2CCN3C2CCOC2)nc1. The van der Waals surface area contributed by atoms with Gasteiger partial charge in [0.25, 0.3) is 0 Å². The van der Waals surface area contributed by atoms with Crippen LogP contribution in [-0.4, -0.2) is 59.3 Å². The van der Waals surface area contributed by atoms with Gasteiger partial charge in [-0.2, -0.15) is 0 Å². The molecule has 0 bridgehead atoms. The highest BCUT2D eigenvalue weighted by Gasteiger charge is 2.46. The Morgan fingerprint density at radius 2 is 1.89 bits per heavy atom. The lowest BCUT2D eigenvalue weighted by Gasteiger charge is -2.29. The number of ether oxygens (including phenoxy) is 1. The summed E-state index contributed by atoms with van der Waals surface area (Å²) < 4.78 is 5.55. The van der Waals surface area contributed by atoms with Gasteiger partial charge in [0.1, 0.15) is 0 Å². The smallest absolute Gasteiger partial charge is 0.225 e. The Hall–Kier alpha value is -1.20. The van der Waals surface area contributed by atoms with Crippen molar-refractivity contribution in [3.63, 3.8) is 0 Å². The summed E-state index contributed by atoms with van der Waals surface area (Å²) in [5.41, 5.74) is 0. The van der Waals surface area contributed by atoms with E-state index >= 15 is 0 Å². The number of aromatic nitrogens is 2. The fraction of sp³-hybridized carbons (Fsp3) is 0.714. The molecular formula is C14H20N4O. The second-order valence-electron chi connectivity index (χ2n) is 5.71. The van der Waals surface area contributed by atoms with Crippen LogP contribution in [0.5, 0.6) is 0 Å². The third-order valence-electron chi connectivity index (χ3n) is 4.80. The first kappa shape index (κ1) is 11.6. The minimum atomic E-state index is 0.600. The van der Waals surface area contributed by atoms with E-state index in [1.165, 1.54) is 25.8 Å². The Bertz CT molecular complexity index is 434. The van der Waals surface area contributed by atoms with Gasteiger partial charge in [0.05, 0.1) is 6.61 Å². The normalized spacial score (nSPS) is 34.9. The first-order valence-electron chi connectivity index (χ1n) is 7.30. The summed E-state index contributed by atoms with van der Waals surface area (Å²) in [7, 11) is 0. The van der Waals surface area contributed by atoms with E-state index < -0.39 is 0 Å². The first-order chi connectivity index (χ1) is 9.43. The molecule has 4 rings (SSSR count).